The molecule has 0 rings (SSSR count). The molecule has 0 aromatic heterocycles. The number of allylic oxidation sites excluding steroid dienone is 2. The van der Waals surface area contributed by atoms with Gasteiger partial charge in [0, 0.05) is 6.42 Å². The van der Waals surface area contributed by atoms with Crippen molar-refractivity contribution in [3.63, 3.8) is 0 Å². The van der Waals surface area contributed by atoms with Gasteiger partial charge in [0.25, 0.3) is 0 Å². The summed E-state index contributed by atoms with van der Waals surface area (Å²) >= 11 is 0. The molecule has 0 saturated carbocycles. The Morgan fingerprint density at radius 3 is 1.52 bits per heavy atom. The van der Waals surface area contributed by atoms with Crippen molar-refractivity contribution in [3.05, 3.63) is 12.2 Å². The first-order valence-electron chi connectivity index (χ1n) is 9.35. The molecule has 0 radical (unpaired) electrons. The average Bonchev–Trinajstić information content (AvgIpc) is 2.50. The zero-order chi connectivity index (χ0) is 18.5. The summed E-state index contributed by atoms with van der Waals surface area (Å²) in [6.45, 7) is 2.26. The zero-order valence-corrected chi connectivity index (χ0v) is 15.3. The van der Waals surface area contributed by atoms with Crippen LogP contribution < -0.4 is 5.73 Å². The SMILES string of the molecule is CCCCCCCC/C=C\CCCCCCCC(N)=O.O=C(O)O.[LiH]. The molecule has 0 aromatic carbocycles. The predicted molar refractivity (Wildman–Crippen MR) is 106 cm³/mol. The molecule has 0 fully saturated rings. The van der Waals surface area contributed by atoms with E-state index < -0.39 is 6.16 Å². The molecular weight excluding hydrogens is 313 g/mol. The minimum absolute atomic E-state index is 0. The Morgan fingerprint density at radius 2 is 1.12 bits per heavy atom. The summed E-state index contributed by atoms with van der Waals surface area (Å²) in [6.07, 6.45) is 20.1. The van der Waals surface area contributed by atoms with E-state index in [1.165, 1.54) is 70.6 Å². The average molecular weight is 351 g/mol. The predicted octanol–water partition coefficient (Wildman–Crippen LogP) is 5.08. The topological polar surface area (TPSA) is 101 Å². The Bertz CT molecular complexity index is 319. The summed E-state index contributed by atoms with van der Waals surface area (Å²) in [6, 6.07) is 0. The van der Waals surface area contributed by atoms with Crippen LogP contribution in [-0.2, 0) is 4.79 Å². The second-order valence-corrected chi connectivity index (χ2v) is 6.08. The number of rotatable bonds is 15. The van der Waals surface area contributed by atoms with E-state index >= 15 is 0 Å². The van der Waals surface area contributed by atoms with Gasteiger partial charge < -0.3 is 15.9 Å². The van der Waals surface area contributed by atoms with Crippen molar-refractivity contribution in [3.8, 4) is 0 Å². The van der Waals surface area contributed by atoms with Gasteiger partial charge in [-0.2, -0.15) is 0 Å². The van der Waals surface area contributed by atoms with Crippen LogP contribution in [0.4, 0.5) is 4.79 Å². The number of hydrogen-bond donors (Lipinski definition) is 3. The summed E-state index contributed by atoms with van der Waals surface area (Å²) in [7, 11) is 0. The summed E-state index contributed by atoms with van der Waals surface area (Å²) < 4.78 is 0. The summed E-state index contributed by atoms with van der Waals surface area (Å²) in [5, 5.41) is 13.9. The maximum absolute atomic E-state index is 10.5. The number of nitrogens with two attached hydrogens (primary N) is 1. The molecule has 144 valence electrons. The molecule has 5 nitrogen and oxygen atoms in total. The Hall–Kier alpha value is -0.923. The zero-order valence-electron chi connectivity index (χ0n) is 15.3. The molecule has 0 aliphatic heterocycles. The standard InChI is InChI=1S/C18H35NO.CH2O3.Li.H/c1-2-3-4-5-6-7-8-9-10-11-12-13-14-15-16-17-18(19)20;2-1(3)4;;/h9-10H,2-8,11-17H2,1H3,(H2,19,20);(H2,2,3,4);;/b10-9-;;;. The van der Waals surface area contributed by atoms with E-state index in [-0.39, 0.29) is 24.8 Å². The number of carbonyl (C=O) groups excluding carboxylic acids is 1. The van der Waals surface area contributed by atoms with Crippen LogP contribution in [-0.4, -0.2) is 41.1 Å². The number of amides is 1. The Kier molecular flexibility index (Phi) is 29.2. The first kappa shape index (κ1) is 28.9. The molecule has 0 atom stereocenters. The van der Waals surface area contributed by atoms with Crippen molar-refractivity contribution in [2.24, 2.45) is 5.73 Å². The molecule has 0 unspecified atom stereocenters. The van der Waals surface area contributed by atoms with Gasteiger partial charge in [0.05, 0.1) is 0 Å². The third kappa shape index (κ3) is 39.7. The van der Waals surface area contributed by atoms with Gasteiger partial charge in [0.1, 0.15) is 0 Å². The van der Waals surface area contributed by atoms with E-state index in [2.05, 4.69) is 19.1 Å². The van der Waals surface area contributed by atoms with Crippen LogP contribution in [0, 0.1) is 0 Å². The van der Waals surface area contributed by atoms with Crippen LogP contribution in [0.2, 0.25) is 0 Å². The quantitative estimate of drug-likeness (QED) is 0.217. The Morgan fingerprint density at radius 1 is 0.760 bits per heavy atom. The van der Waals surface area contributed by atoms with Gasteiger partial charge in [-0.3, -0.25) is 4.79 Å². The van der Waals surface area contributed by atoms with Gasteiger partial charge in [-0.15, -0.1) is 0 Å². The molecule has 0 heterocycles. The molecular formula is C19H38LiNO4. The van der Waals surface area contributed by atoms with E-state index in [1.807, 2.05) is 0 Å². The summed E-state index contributed by atoms with van der Waals surface area (Å²) in [4.78, 5) is 19.1. The molecule has 0 aromatic rings. The van der Waals surface area contributed by atoms with Crippen LogP contribution in [0.15, 0.2) is 12.2 Å². The van der Waals surface area contributed by atoms with E-state index in [0.29, 0.717) is 6.42 Å². The number of carboxylic acid groups (broad SMARTS) is 2. The van der Waals surface area contributed by atoms with Gasteiger partial charge in [-0.05, 0) is 32.1 Å². The number of unbranched alkanes of at least 4 members (excludes halogenated alkanes) is 11. The van der Waals surface area contributed by atoms with E-state index in [4.69, 9.17) is 20.7 Å². The van der Waals surface area contributed by atoms with Gasteiger partial charge in [0.15, 0.2) is 0 Å². The first-order chi connectivity index (χ1) is 11.5. The third-order valence-electron chi connectivity index (χ3n) is 3.68. The first-order valence-corrected chi connectivity index (χ1v) is 9.35. The molecule has 0 aliphatic rings. The number of hydrogen-bond acceptors (Lipinski definition) is 2. The molecule has 0 aliphatic carbocycles. The molecule has 6 heteroatoms. The number of primary amides is 1. The van der Waals surface area contributed by atoms with E-state index in [9.17, 15) is 4.79 Å². The van der Waals surface area contributed by atoms with E-state index in [1.54, 1.807) is 0 Å². The van der Waals surface area contributed by atoms with Crippen molar-refractivity contribution in [2.75, 3.05) is 0 Å². The fourth-order valence-electron chi connectivity index (χ4n) is 2.37. The van der Waals surface area contributed by atoms with Gasteiger partial charge in [0.2, 0.25) is 5.91 Å². The van der Waals surface area contributed by atoms with Gasteiger partial charge in [-0.1, -0.05) is 70.4 Å². The van der Waals surface area contributed by atoms with E-state index in [0.717, 1.165) is 12.8 Å². The van der Waals surface area contributed by atoms with Gasteiger partial charge in [-0.25, -0.2) is 4.79 Å². The summed E-state index contributed by atoms with van der Waals surface area (Å²) in [5.74, 6) is -0.164. The fourth-order valence-corrected chi connectivity index (χ4v) is 2.37. The molecule has 0 bridgehead atoms. The monoisotopic (exact) mass is 351 g/mol. The molecule has 1 amide bonds. The third-order valence-corrected chi connectivity index (χ3v) is 3.68. The summed E-state index contributed by atoms with van der Waals surface area (Å²) in [5.41, 5.74) is 5.10. The van der Waals surface area contributed by atoms with Crippen molar-refractivity contribution in [2.45, 2.75) is 96.8 Å². The second-order valence-electron chi connectivity index (χ2n) is 6.08. The van der Waals surface area contributed by atoms with Crippen LogP contribution in [0.1, 0.15) is 96.8 Å². The molecule has 4 N–H and O–H groups in total. The van der Waals surface area contributed by atoms with Crippen molar-refractivity contribution >= 4 is 30.9 Å². The van der Waals surface area contributed by atoms with Crippen molar-refractivity contribution in [1.82, 2.24) is 0 Å². The van der Waals surface area contributed by atoms with Crippen LogP contribution in [0.5, 0.6) is 0 Å². The van der Waals surface area contributed by atoms with Crippen LogP contribution in [0.3, 0.4) is 0 Å². The van der Waals surface area contributed by atoms with Crippen molar-refractivity contribution < 1.29 is 19.8 Å². The van der Waals surface area contributed by atoms with Gasteiger partial charge >= 0.3 is 25.0 Å². The van der Waals surface area contributed by atoms with Crippen LogP contribution in [0.25, 0.3) is 0 Å². The van der Waals surface area contributed by atoms with Crippen molar-refractivity contribution in [1.29, 1.82) is 0 Å². The fraction of sp³-hybridized carbons (Fsp3) is 0.789. The Balaban J connectivity index is -0.000000867. The molecule has 0 saturated heterocycles. The maximum atomic E-state index is 10.5. The van der Waals surface area contributed by atoms with Crippen LogP contribution >= 0.6 is 0 Å². The second kappa shape index (κ2) is 25.3. The molecule has 0 spiro atoms. The normalized spacial score (nSPS) is 9.96. The molecule has 25 heavy (non-hydrogen) atoms. The Labute approximate surface area is 165 Å². The number of carbonyl (C=O) groups is 2. The minimum atomic E-state index is -1.83.